The van der Waals surface area contributed by atoms with E-state index < -0.39 is 12.2 Å². The zero-order chi connectivity index (χ0) is 20.5. The SMILES string of the molecule is N=C(N)c1ccc(NC(=O)OCCOC(=O)Nc2ccc(C(=N)N)cc2)cc1. The number of carbonyl (C=O) groups excluding carboxylic acids is 2. The Morgan fingerprint density at radius 2 is 1.04 bits per heavy atom. The molecular weight excluding hydrogens is 364 g/mol. The molecule has 10 nitrogen and oxygen atoms in total. The number of hydrogen-bond donors (Lipinski definition) is 6. The van der Waals surface area contributed by atoms with Crippen LogP contribution in [0, 0.1) is 10.8 Å². The number of nitrogens with one attached hydrogen (secondary N) is 4. The minimum Gasteiger partial charge on any atom is -0.446 e. The van der Waals surface area contributed by atoms with Gasteiger partial charge in [0.1, 0.15) is 24.9 Å². The molecule has 0 atom stereocenters. The maximum atomic E-state index is 11.7. The molecule has 0 aliphatic rings. The number of amidine groups is 2. The van der Waals surface area contributed by atoms with Crippen molar-refractivity contribution in [1.29, 1.82) is 10.8 Å². The van der Waals surface area contributed by atoms with E-state index in [9.17, 15) is 9.59 Å². The number of hydrogen-bond acceptors (Lipinski definition) is 6. The highest BCUT2D eigenvalue weighted by Crippen LogP contribution is 2.10. The second kappa shape index (κ2) is 9.57. The van der Waals surface area contributed by atoms with Gasteiger partial charge in [0.2, 0.25) is 0 Å². The Morgan fingerprint density at radius 1 is 0.714 bits per heavy atom. The summed E-state index contributed by atoms with van der Waals surface area (Å²) in [6.07, 6.45) is -1.42. The van der Waals surface area contributed by atoms with Crippen LogP contribution in [0.3, 0.4) is 0 Å². The minimum atomic E-state index is -0.709. The Hall–Kier alpha value is -4.08. The maximum Gasteiger partial charge on any atom is 0.411 e. The Morgan fingerprint density at radius 3 is 1.32 bits per heavy atom. The van der Waals surface area contributed by atoms with Crippen molar-refractivity contribution in [3.63, 3.8) is 0 Å². The summed E-state index contributed by atoms with van der Waals surface area (Å²) in [7, 11) is 0. The van der Waals surface area contributed by atoms with E-state index in [4.69, 9.17) is 31.8 Å². The number of benzene rings is 2. The fourth-order valence-electron chi connectivity index (χ4n) is 2.04. The molecule has 2 rings (SSSR count). The van der Waals surface area contributed by atoms with Gasteiger partial charge in [-0.05, 0) is 48.5 Å². The molecule has 8 N–H and O–H groups in total. The summed E-state index contributed by atoms with van der Waals surface area (Å²) >= 11 is 0. The predicted octanol–water partition coefficient (Wildman–Crippen LogP) is 2.05. The largest absolute Gasteiger partial charge is 0.446 e. The van der Waals surface area contributed by atoms with Crippen molar-refractivity contribution in [3.8, 4) is 0 Å². The van der Waals surface area contributed by atoms with Crippen molar-refractivity contribution >= 4 is 35.2 Å². The van der Waals surface area contributed by atoms with Crippen LogP contribution in [0.25, 0.3) is 0 Å². The van der Waals surface area contributed by atoms with E-state index in [1.54, 1.807) is 48.5 Å². The molecule has 0 aromatic heterocycles. The Kier molecular flexibility index (Phi) is 6.92. The maximum absolute atomic E-state index is 11.7. The Labute approximate surface area is 160 Å². The molecular formula is C18H20N6O4. The first-order valence-electron chi connectivity index (χ1n) is 8.11. The molecule has 0 saturated heterocycles. The highest BCUT2D eigenvalue weighted by molar-refractivity contribution is 5.96. The zero-order valence-corrected chi connectivity index (χ0v) is 14.8. The molecule has 0 saturated carbocycles. The number of nitrogen functional groups attached to an aromatic ring is 2. The lowest BCUT2D eigenvalue weighted by atomic mass is 10.2. The van der Waals surface area contributed by atoms with Crippen molar-refractivity contribution in [2.75, 3.05) is 23.8 Å². The van der Waals surface area contributed by atoms with E-state index in [1.807, 2.05) is 0 Å². The van der Waals surface area contributed by atoms with Gasteiger partial charge >= 0.3 is 12.2 Å². The van der Waals surface area contributed by atoms with Crippen LogP contribution in [0.1, 0.15) is 11.1 Å². The molecule has 2 aromatic carbocycles. The smallest absolute Gasteiger partial charge is 0.411 e. The van der Waals surface area contributed by atoms with Gasteiger partial charge in [0.15, 0.2) is 0 Å². The van der Waals surface area contributed by atoms with E-state index in [-0.39, 0.29) is 24.9 Å². The molecule has 0 unspecified atom stereocenters. The van der Waals surface area contributed by atoms with Crippen LogP contribution in [0.2, 0.25) is 0 Å². The Balaban J connectivity index is 1.67. The first kappa shape index (κ1) is 20.2. The third-order valence-corrected chi connectivity index (χ3v) is 3.43. The van der Waals surface area contributed by atoms with Crippen molar-refractivity contribution in [3.05, 3.63) is 59.7 Å². The standard InChI is InChI=1S/C18H20N6O4/c19-15(20)11-1-5-13(6-2-11)23-17(25)27-9-10-28-18(26)24-14-7-3-12(4-8-14)16(21)22/h1-8H,9-10H2,(H3,19,20)(H3,21,22)(H,23,25)(H,24,26). The Bertz CT molecular complexity index is 791. The van der Waals surface area contributed by atoms with E-state index in [0.717, 1.165) is 0 Å². The monoisotopic (exact) mass is 384 g/mol. The lowest BCUT2D eigenvalue weighted by Crippen LogP contribution is -2.20. The predicted molar refractivity (Wildman–Crippen MR) is 105 cm³/mol. The molecule has 0 heterocycles. The lowest BCUT2D eigenvalue weighted by Gasteiger charge is -2.09. The highest BCUT2D eigenvalue weighted by atomic mass is 16.6. The van der Waals surface area contributed by atoms with Crippen LogP contribution in [0.4, 0.5) is 21.0 Å². The molecule has 10 heteroatoms. The van der Waals surface area contributed by atoms with Gasteiger partial charge in [0.25, 0.3) is 0 Å². The van der Waals surface area contributed by atoms with Crippen LogP contribution in [-0.4, -0.2) is 37.1 Å². The molecule has 0 spiro atoms. The number of anilines is 2. The third kappa shape index (κ3) is 6.33. The number of rotatable bonds is 7. The molecule has 0 fully saturated rings. The zero-order valence-electron chi connectivity index (χ0n) is 14.8. The quantitative estimate of drug-likeness (QED) is 0.242. The summed E-state index contributed by atoms with van der Waals surface area (Å²) in [5.41, 5.74) is 12.7. The summed E-state index contributed by atoms with van der Waals surface area (Å²) in [6, 6.07) is 12.7. The van der Waals surface area contributed by atoms with Crippen molar-refractivity contribution in [2.45, 2.75) is 0 Å². The highest BCUT2D eigenvalue weighted by Gasteiger charge is 2.07. The van der Waals surface area contributed by atoms with E-state index in [1.165, 1.54) is 0 Å². The van der Waals surface area contributed by atoms with Gasteiger partial charge in [-0.25, -0.2) is 9.59 Å². The van der Waals surface area contributed by atoms with Gasteiger partial charge < -0.3 is 20.9 Å². The average Bonchev–Trinajstić information content (AvgIpc) is 2.66. The van der Waals surface area contributed by atoms with Gasteiger partial charge in [-0.15, -0.1) is 0 Å². The summed E-state index contributed by atoms with van der Waals surface area (Å²) < 4.78 is 9.81. The first-order chi connectivity index (χ1) is 13.3. The van der Waals surface area contributed by atoms with Crippen LogP contribution in [-0.2, 0) is 9.47 Å². The van der Waals surface area contributed by atoms with Gasteiger partial charge in [-0.2, -0.15) is 0 Å². The summed E-state index contributed by atoms with van der Waals surface area (Å²) in [4.78, 5) is 23.3. The summed E-state index contributed by atoms with van der Waals surface area (Å²) in [5, 5.41) is 19.6. The topological polar surface area (TPSA) is 176 Å². The minimum absolute atomic E-state index is 0.0700. The molecule has 146 valence electrons. The molecule has 28 heavy (non-hydrogen) atoms. The van der Waals surface area contributed by atoms with Gasteiger partial charge in [0.05, 0.1) is 0 Å². The first-order valence-corrected chi connectivity index (χ1v) is 8.11. The van der Waals surface area contributed by atoms with Crippen molar-refractivity contribution in [1.82, 2.24) is 0 Å². The number of carbonyl (C=O) groups is 2. The second-order valence-corrected chi connectivity index (χ2v) is 5.50. The molecule has 2 aromatic rings. The van der Waals surface area contributed by atoms with Crippen molar-refractivity contribution in [2.24, 2.45) is 11.5 Å². The molecule has 2 amide bonds. The normalized spacial score (nSPS) is 9.86. The lowest BCUT2D eigenvalue weighted by molar-refractivity contribution is 0.110. The van der Waals surface area contributed by atoms with E-state index in [0.29, 0.717) is 22.5 Å². The third-order valence-electron chi connectivity index (χ3n) is 3.43. The van der Waals surface area contributed by atoms with Gasteiger partial charge in [-0.3, -0.25) is 21.5 Å². The molecule has 0 aliphatic carbocycles. The number of amides is 2. The van der Waals surface area contributed by atoms with E-state index in [2.05, 4.69) is 10.6 Å². The molecule has 0 radical (unpaired) electrons. The number of nitrogens with two attached hydrogens (primary N) is 2. The fourth-order valence-corrected chi connectivity index (χ4v) is 2.04. The molecule has 0 aliphatic heterocycles. The van der Waals surface area contributed by atoms with Crippen molar-refractivity contribution < 1.29 is 19.1 Å². The fraction of sp³-hybridized carbons (Fsp3) is 0.111. The second-order valence-electron chi connectivity index (χ2n) is 5.50. The van der Waals surface area contributed by atoms with Gasteiger partial charge in [0, 0.05) is 22.5 Å². The van der Waals surface area contributed by atoms with E-state index >= 15 is 0 Å². The molecule has 0 bridgehead atoms. The van der Waals surface area contributed by atoms with Crippen LogP contribution < -0.4 is 22.1 Å². The summed E-state index contributed by atoms with van der Waals surface area (Å²) in [5.74, 6) is -0.140. The van der Waals surface area contributed by atoms with Crippen LogP contribution in [0.5, 0.6) is 0 Å². The average molecular weight is 384 g/mol. The van der Waals surface area contributed by atoms with Gasteiger partial charge in [-0.1, -0.05) is 0 Å². The van der Waals surface area contributed by atoms with Crippen LogP contribution >= 0.6 is 0 Å². The summed E-state index contributed by atoms with van der Waals surface area (Å²) in [6.45, 7) is -0.262. The van der Waals surface area contributed by atoms with Crippen LogP contribution in [0.15, 0.2) is 48.5 Å². The number of ether oxygens (including phenoxy) is 2.